The summed E-state index contributed by atoms with van der Waals surface area (Å²) in [5.41, 5.74) is 0. The summed E-state index contributed by atoms with van der Waals surface area (Å²) in [6.07, 6.45) is 4.17. The Kier molecular flexibility index (Phi) is 5.80. The molecule has 0 aliphatic carbocycles. The van der Waals surface area contributed by atoms with Crippen molar-refractivity contribution >= 4 is 0 Å². The average molecular weight is 158 g/mol. The average Bonchev–Trinajstić information content (AvgIpc) is 1.97. The van der Waals surface area contributed by atoms with Crippen LogP contribution in [-0.2, 0) is 0 Å². The summed E-state index contributed by atoms with van der Waals surface area (Å²) in [6.45, 7) is 5.54. The zero-order valence-corrected chi connectivity index (χ0v) is 7.08. The van der Waals surface area contributed by atoms with Crippen molar-refractivity contribution in [2.24, 2.45) is 0 Å². The molecule has 1 unspecified atom stereocenters. The van der Waals surface area contributed by atoms with Gasteiger partial charge in [0.15, 0.2) is 0 Å². The van der Waals surface area contributed by atoms with E-state index >= 15 is 0 Å². The van der Waals surface area contributed by atoms with Crippen LogP contribution in [0, 0.1) is 17.0 Å². The van der Waals surface area contributed by atoms with Gasteiger partial charge in [0.05, 0.1) is 0 Å². The molecule has 0 saturated carbocycles. The monoisotopic (exact) mass is 158 g/mol. The molecular weight excluding hydrogens is 142 g/mol. The standard InChI is InChI=1S/C8H16NO2/c1-3-5-6-7-8(4-2)9(10)11/h8H,1,3-7H2,2H3. The van der Waals surface area contributed by atoms with Crippen molar-refractivity contribution in [2.45, 2.75) is 45.1 Å². The molecule has 0 amide bonds. The van der Waals surface area contributed by atoms with Crippen molar-refractivity contribution in [1.82, 2.24) is 0 Å². The smallest absolute Gasteiger partial charge is 0.212 e. The first kappa shape index (κ1) is 10.4. The second kappa shape index (κ2) is 6.13. The first-order chi connectivity index (χ1) is 5.22. The molecule has 0 aliphatic heterocycles. The first-order valence-corrected chi connectivity index (χ1v) is 4.15. The van der Waals surface area contributed by atoms with Gasteiger partial charge in [0, 0.05) is 17.8 Å². The molecule has 65 valence electrons. The predicted molar refractivity (Wildman–Crippen MR) is 44.9 cm³/mol. The molecule has 0 aliphatic rings. The minimum absolute atomic E-state index is 0.177. The van der Waals surface area contributed by atoms with Crippen LogP contribution in [-0.4, -0.2) is 11.0 Å². The molecule has 0 fully saturated rings. The predicted octanol–water partition coefficient (Wildman–Crippen LogP) is 2.44. The lowest BCUT2D eigenvalue weighted by atomic mass is 10.1. The van der Waals surface area contributed by atoms with Crippen LogP contribution < -0.4 is 0 Å². The lowest BCUT2D eigenvalue weighted by Crippen LogP contribution is -2.17. The molecule has 3 nitrogen and oxygen atoms in total. The van der Waals surface area contributed by atoms with Crippen molar-refractivity contribution in [1.29, 1.82) is 0 Å². The van der Waals surface area contributed by atoms with Crippen molar-refractivity contribution in [3.63, 3.8) is 0 Å². The quantitative estimate of drug-likeness (QED) is 0.338. The van der Waals surface area contributed by atoms with Crippen LogP contribution in [0.1, 0.15) is 39.0 Å². The molecule has 0 bridgehead atoms. The van der Waals surface area contributed by atoms with E-state index in [-0.39, 0.29) is 11.0 Å². The molecule has 0 heterocycles. The van der Waals surface area contributed by atoms with Crippen molar-refractivity contribution in [3.05, 3.63) is 17.0 Å². The van der Waals surface area contributed by atoms with Gasteiger partial charge in [-0.05, 0) is 6.42 Å². The van der Waals surface area contributed by atoms with E-state index in [0.717, 1.165) is 19.3 Å². The van der Waals surface area contributed by atoms with Crippen LogP contribution in [0.15, 0.2) is 0 Å². The van der Waals surface area contributed by atoms with Crippen LogP contribution in [0.4, 0.5) is 0 Å². The Labute approximate surface area is 67.9 Å². The van der Waals surface area contributed by atoms with Gasteiger partial charge in [0.1, 0.15) is 0 Å². The third-order valence-corrected chi connectivity index (χ3v) is 1.81. The molecule has 0 aromatic heterocycles. The number of unbranched alkanes of at least 4 members (excludes halogenated alkanes) is 2. The second-order valence-electron chi connectivity index (χ2n) is 2.70. The van der Waals surface area contributed by atoms with Gasteiger partial charge in [-0.15, -0.1) is 0 Å². The molecule has 0 rings (SSSR count). The Morgan fingerprint density at radius 3 is 2.55 bits per heavy atom. The minimum atomic E-state index is -0.332. The minimum Gasteiger partial charge on any atom is -0.264 e. The largest absolute Gasteiger partial charge is 0.264 e. The molecule has 3 heteroatoms. The second-order valence-corrected chi connectivity index (χ2v) is 2.70. The van der Waals surface area contributed by atoms with Crippen LogP contribution >= 0.6 is 0 Å². The van der Waals surface area contributed by atoms with Crippen LogP contribution in [0.25, 0.3) is 0 Å². The summed E-state index contributed by atoms with van der Waals surface area (Å²) in [6, 6.07) is -0.332. The molecule has 0 aromatic carbocycles. The summed E-state index contributed by atoms with van der Waals surface area (Å²) >= 11 is 0. The zero-order valence-electron chi connectivity index (χ0n) is 7.08. The molecule has 0 N–H and O–H groups in total. The molecule has 1 atom stereocenters. The van der Waals surface area contributed by atoms with Gasteiger partial charge in [-0.2, -0.15) is 0 Å². The van der Waals surface area contributed by atoms with Gasteiger partial charge in [-0.25, -0.2) is 0 Å². The Morgan fingerprint density at radius 2 is 2.18 bits per heavy atom. The molecule has 1 radical (unpaired) electrons. The summed E-state index contributed by atoms with van der Waals surface area (Å²) in [4.78, 5) is 10.1. The van der Waals surface area contributed by atoms with Gasteiger partial charge in [-0.3, -0.25) is 10.1 Å². The van der Waals surface area contributed by atoms with Crippen LogP contribution in [0.2, 0.25) is 0 Å². The summed E-state index contributed by atoms with van der Waals surface area (Å²) < 4.78 is 0. The van der Waals surface area contributed by atoms with Gasteiger partial charge >= 0.3 is 0 Å². The Balaban J connectivity index is 3.44. The summed E-state index contributed by atoms with van der Waals surface area (Å²) in [5, 5.41) is 10.3. The lowest BCUT2D eigenvalue weighted by Gasteiger charge is -2.04. The first-order valence-electron chi connectivity index (χ1n) is 4.15. The zero-order chi connectivity index (χ0) is 8.69. The number of hydrogen-bond donors (Lipinski definition) is 0. The molecule has 0 saturated heterocycles. The van der Waals surface area contributed by atoms with Gasteiger partial charge in [-0.1, -0.05) is 26.7 Å². The fraction of sp³-hybridized carbons (Fsp3) is 0.875. The van der Waals surface area contributed by atoms with Crippen LogP contribution in [0.3, 0.4) is 0 Å². The number of rotatable bonds is 6. The number of hydrogen-bond acceptors (Lipinski definition) is 2. The SMILES string of the molecule is [CH2]CCCCC(CC)[N+](=O)[O-]. The third kappa shape index (κ3) is 4.76. The van der Waals surface area contributed by atoms with E-state index in [1.165, 1.54) is 0 Å². The van der Waals surface area contributed by atoms with Crippen molar-refractivity contribution in [3.8, 4) is 0 Å². The maximum atomic E-state index is 10.3. The van der Waals surface area contributed by atoms with E-state index in [9.17, 15) is 10.1 Å². The summed E-state index contributed by atoms with van der Waals surface area (Å²) in [7, 11) is 0. The van der Waals surface area contributed by atoms with Gasteiger partial charge in [0.25, 0.3) is 0 Å². The fourth-order valence-electron chi connectivity index (χ4n) is 1.02. The van der Waals surface area contributed by atoms with E-state index in [0.29, 0.717) is 12.8 Å². The van der Waals surface area contributed by atoms with Crippen molar-refractivity contribution in [2.75, 3.05) is 0 Å². The van der Waals surface area contributed by atoms with Crippen LogP contribution in [0.5, 0.6) is 0 Å². The molecular formula is C8H16NO2. The van der Waals surface area contributed by atoms with E-state index in [1.807, 2.05) is 6.92 Å². The van der Waals surface area contributed by atoms with E-state index in [4.69, 9.17) is 0 Å². The maximum Gasteiger partial charge on any atom is 0.212 e. The highest BCUT2D eigenvalue weighted by atomic mass is 16.6. The fourth-order valence-corrected chi connectivity index (χ4v) is 1.02. The molecule has 0 aromatic rings. The normalized spacial score (nSPS) is 12.9. The van der Waals surface area contributed by atoms with E-state index < -0.39 is 0 Å². The maximum absolute atomic E-state index is 10.3. The van der Waals surface area contributed by atoms with Crippen molar-refractivity contribution < 1.29 is 4.92 Å². The number of nitrogens with zero attached hydrogens (tertiary/aromatic N) is 1. The molecule has 11 heavy (non-hydrogen) atoms. The van der Waals surface area contributed by atoms with Gasteiger partial charge < -0.3 is 0 Å². The number of nitro groups is 1. The Hall–Kier alpha value is -0.600. The lowest BCUT2D eigenvalue weighted by molar-refractivity contribution is -0.523. The highest BCUT2D eigenvalue weighted by Crippen LogP contribution is 2.08. The third-order valence-electron chi connectivity index (χ3n) is 1.81. The highest BCUT2D eigenvalue weighted by Gasteiger charge is 2.15. The molecule has 0 spiro atoms. The topological polar surface area (TPSA) is 43.1 Å². The van der Waals surface area contributed by atoms with E-state index in [1.54, 1.807) is 0 Å². The Bertz CT molecular complexity index is 115. The Morgan fingerprint density at radius 1 is 1.55 bits per heavy atom. The summed E-state index contributed by atoms with van der Waals surface area (Å²) in [5.74, 6) is 0. The van der Waals surface area contributed by atoms with Gasteiger partial charge in [0.2, 0.25) is 6.04 Å². The van der Waals surface area contributed by atoms with E-state index in [2.05, 4.69) is 6.92 Å². The highest BCUT2D eigenvalue weighted by molar-refractivity contribution is 4.54.